The quantitative estimate of drug-likeness (QED) is 0.882. The Morgan fingerprint density at radius 3 is 2.28 bits per heavy atom. The van der Waals surface area contributed by atoms with Gasteiger partial charge >= 0.3 is 0 Å². The van der Waals surface area contributed by atoms with E-state index in [1.54, 1.807) is 20.5 Å². The van der Waals surface area contributed by atoms with Crippen molar-refractivity contribution in [1.29, 1.82) is 0 Å². The molecule has 1 aliphatic heterocycles. The molecule has 2 fully saturated rings. The molecule has 1 aromatic carbocycles. The Hall–Kier alpha value is -2.12. The minimum absolute atomic E-state index is 0.246. The van der Waals surface area contributed by atoms with E-state index >= 15 is 0 Å². The Morgan fingerprint density at radius 1 is 1.00 bits per heavy atom. The van der Waals surface area contributed by atoms with Gasteiger partial charge in [0.2, 0.25) is 0 Å². The van der Waals surface area contributed by atoms with Crippen molar-refractivity contribution in [2.45, 2.75) is 18.5 Å². The molecule has 0 spiro atoms. The van der Waals surface area contributed by atoms with E-state index in [0.717, 1.165) is 42.9 Å². The second-order valence-corrected chi connectivity index (χ2v) is 6.68. The first-order valence-electron chi connectivity index (χ1n) is 8.76. The largest absolute Gasteiger partial charge is 0.493 e. The molecule has 2 heterocycles. The molecule has 1 aromatic heterocycles. The SMILES string of the molecule is CNC1(N2CCN(c3ncnc4cc(OC)c(OC)cc34)CC2)CC1. The van der Waals surface area contributed by atoms with Gasteiger partial charge in [0.15, 0.2) is 11.5 Å². The number of piperazine rings is 1. The average molecular weight is 343 g/mol. The van der Waals surface area contributed by atoms with Crippen LogP contribution >= 0.6 is 0 Å². The van der Waals surface area contributed by atoms with Crippen LogP contribution in [0, 0.1) is 0 Å². The first-order chi connectivity index (χ1) is 12.2. The van der Waals surface area contributed by atoms with Crippen LogP contribution in [0.3, 0.4) is 0 Å². The normalized spacial score (nSPS) is 19.9. The van der Waals surface area contributed by atoms with Gasteiger partial charge in [-0.1, -0.05) is 0 Å². The standard InChI is InChI=1S/C18H25N5O2/c1-19-18(4-5-18)23-8-6-22(7-9-23)17-13-10-15(24-2)16(25-3)11-14(13)20-12-21-17/h10-12,19H,4-9H2,1-3H3. The van der Waals surface area contributed by atoms with E-state index in [0.29, 0.717) is 11.5 Å². The van der Waals surface area contributed by atoms with Crippen LogP contribution in [0.1, 0.15) is 12.8 Å². The molecule has 1 aliphatic carbocycles. The van der Waals surface area contributed by atoms with Gasteiger partial charge in [0.25, 0.3) is 0 Å². The van der Waals surface area contributed by atoms with E-state index in [2.05, 4.69) is 32.1 Å². The Balaban J connectivity index is 1.61. The first kappa shape index (κ1) is 16.4. The molecule has 4 rings (SSSR count). The summed E-state index contributed by atoms with van der Waals surface area (Å²) in [5.41, 5.74) is 1.12. The lowest BCUT2D eigenvalue weighted by Gasteiger charge is -2.40. The van der Waals surface area contributed by atoms with Crippen molar-refractivity contribution < 1.29 is 9.47 Å². The van der Waals surface area contributed by atoms with Gasteiger partial charge < -0.3 is 19.7 Å². The molecule has 7 nitrogen and oxygen atoms in total. The van der Waals surface area contributed by atoms with Crippen LogP contribution in [-0.2, 0) is 0 Å². The summed E-state index contributed by atoms with van der Waals surface area (Å²) in [5.74, 6) is 2.37. The van der Waals surface area contributed by atoms with Gasteiger partial charge in [-0.2, -0.15) is 0 Å². The van der Waals surface area contributed by atoms with Gasteiger partial charge in [0, 0.05) is 37.6 Å². The highest BCUT2D eigenvalue weighted by Gasteiger charge is 2.47. The smallest absolute Gasteiger partial charge is 0.162 e. The number of aromatic nitrogens is 2. The van der Waals surface area contributed by atoms with E-state index in [9.17, 15) is 0 Å². The number of nitrogens with one attached hydrogen (secondary N) is 1. The lowest BCUT2D eigenvalue weighted by molar-refractivity contribution is 0.143. The molecule has 0 unspecified atom stereocenters. The fraction of sp³-hybridized carbons (Fsp3) is 0.556. The highest BCUT2D eigenvalue weighted by Crippen LogP contribution is 2.40. The van der Waals surface area contributed by atoms with Crippen LogP contribution in [0.2, 0.25) is 0 Å². The Kier molecular flexibility index (Phi) is 4.13. The zero-order valence-electron chi connectivity index (χ0n) is 15.1. The minimum atomic E-state index is 0.246. The van der Waals surface area contributed by atoms with Crippen molar-refractivity contribution in [2.24, 2.45) is 0 Å². The van der Waals surface area contributed by atoms with E-state index in [-0.39, 0.29) is 5.66 Å². The molecular formula is C18H25N5O2. The maximum atomic E-state index is 5.46. The Morgan fingerprint density at radius 2 is 1.68 bits per heavy atom. The van der Waals surface area contributed by atoms with Gasteiger partial charge in [0.1, 0.15) is 12.1 Å². The summed E-state index contributed by atoms with van der Waals surface area (Å²) < 4.78 is 10.8. The molecule has 0 bridgehead atoms. The summed E-state index contributed by atoms with van der Waals surface area (Å²) in [7, 11) is 5.36. The number of ether oxygens (including phenoxy) is 2. The van der Waals surface area contributed by atoms with E-state index in [1.165, 1.54) is 12.8 Å². The van der Waals surface area contributed by atoms with Crippen LogP contribution in [0.5, 0.6) is 11.5 Å². The number of hydrogen-bond acceptors (Lipinski definition) is 7. The predicted molar refractivity (Wildman–Crippen MR) is 97.5 cm³/mol. The fourth-order valence-electron chi connectivity index (χ4n) is 3.81. The van der Waals surface area contributed by atoms with Crippen LogP contribution < -0.4 is 19.7 Å². The molecule has 1 saturated heterocycles. The van der Waals surface area contributed by atoms with Gasteiger partial charge in [0.05, 0.1) is 25.4 Å². The zero-order valence-corrected chi connectivity index (χ0v) is 15.1. The first-order valence-corrected chi connectivity index (χ1v) is 8.76. The van der Waals surface area contributed by atoms with Crippen molar-refractivity contribution in [3.05, 3.63) is 18.5 Å². The summed E-state index contributed by atoms with van der Waals surface area (Å²) >= 11 is 0. The molecule has 2 aromatic rings. The summed E-state index contributed by atoms with van der Waals surface area (Å²) in [6.45, 7) is 4.01. The number of methoxy groups -OCH3 is 2. The van der Waals surface area contributed by atoms with Gasteiger partial charge in [-0.25, -0.2) is 9.97 Å². The molecule has 1 saturated carbocycles. The van der Waals surface area contributed by atoms with Crippen molar-refractivity contribution in [2.75, 3.05) is 52.3 Å². The van der Waals surface area contributed by atoms with E-state index < -0.39 is 0 Å². The van der Waals surface area contributed by atoms with Crippen molar-refractivity contribution in [1.82, 2.24) is 20.2 Å². The van der Waals surface area contributed by atoms with Crippen molar-refractivity contribution in [3.63, 3.8) is 0 Å². The van der Waals surface area contributed by atoms with Gasteiger partial charge in [-0.05, 0) is 26.0 Å². The average Bonchev–Trinajstić information content (AvgIpc) is 3.48. The lowest BCUT2D eigenvalue weighted by Crippen LogP contribution is -2.56. The minimum Gasteiger partial charge on any atom is -0.493 e. The molecule has 134 valence electrons. The molecule has 2 aliphatic rings. The molecular weight excluding hydrogens is 318 g/mol. The molecule has 25 heavy (non-hydrogen) atoms. The molecule has 0 radical (unpaired) electrons. The molecule has 0 amide bonds. The second kappa shape index (κ2) is 6.31. The Labute approximate surface area is 147 Å². The summed E-state index contributed by atoms with van der Waals surface area (Å²) in [6, 6.07) is 3.89. The van der Waals surface area contributed by atoms with Gasteiger partial charge in [-0.15, -0.1) is 0 Å². The van der Waals surface area contributed by atoms with Crippen molar-refractivity contribution in [3.8, 4) is 11.5 Å². The van der Waals surface area contributed by atoms with E-state index in [4.69, 9.17) is 9.47 Å². The number of anilines is 1. The lowest BCUT2D eigenvalue weighted by atomic mass is 10.1. The van der Waals surface area contributed by atoms with Crippen LogP contribution in [0.4, 0.5) is 5.82 Å². The number of hydrogen-bond donors (Lipinski definition) is 1. The summed E-state index contributed by atoms with van der Waals surface area (Å²) in [4.78, 5) is 13.9. The zero-order chi connectivity index (χ0) is 17.4. The van der Waals surface area contributed by atoms with Crippen LogP contribution in [0.15, 0.2) is 18.5 Å². The third-order valence-corrected chi connectivity index (χ3v) is 5.49. The third-order valence-electron chi connectivity index (χ3n) is 5.49. The monoisotopic (exact) mass is 343 g/mol. The summed E-state index contributed by atoms with van der Waals surface area (Å²) in [5, 5.41) is 4.49. The number of nitrogens with zero attached hydrogens (tertiary/aromatic N) is 4. The maximum absolute atomic E-state index is 5.46. The Bertz CT molecular complexity index is 769. The van der Waals surface area contributed by atoms with E-state index in [1.807, 2.05) is 12.1 Å². The topological polar surface area (TPSA) is 62.8 Å². The molecule has 1 N–H and O–H groups in total. The highest BCUT2D eigenvalue weighted by atomic mass is 16.5. The second-order valence-electron chi connectivity index (χ2n) is 6.68. The molecule has 7 heteroatoms. The fourth-order valence-corrected chi connectivity index (χ4v) is 3.81. The maximum Gasteiger partial charge on any atom is 0.162 e. The molecule has 0 atom stereocenters. The predicted octanol–water partition coefficient (Wildman–Crippen LogP) is 1.48. The van der Waals surface area contributed by atoms with Gasteiger partial charge in [-0.3, -0.25) is 4.90 Å². The number of benzene rings is 1. The summed E-state index contributed by atoms with van der Waals surface area (Å²) in [6.07, 6.45) is 4.12. The number of fused-ring (bicyclic) bond motifs is 1. The van der Waals surface area contributed by atoms with Crippen LogP contribution in [-0.4, -0.2) is 68.0 Å². The van der Waals surface area contributed by atoms with Crippen LogP contribution in [0.25, 0.3) is 10.9 Å². The third kappa shape index (κ3) is 2.77. The van der Waals surface area contributed by atoms with Crippen molar-refractivity contribution >= 4 is 16.7 Å². The highest BCUT2D eigenvalue weighted by molar-refractivity contribution is 5.92. The number of rotatable bonds is 5.